The number of hydrogen-bond acceptors (Lipinski definition) is 2. The highest BCUT2D eigenvalue weighted by Crippen LogP contribution is 2.50. The molecule has 0 aliphatic rings. The van der Waals surface area contributed by atoms with Crippen LogP contribution in [-0.4, -0.2) is 4.57 Å². The minimum absolute atomic E-state index is 1.08. The first-order valence-corrected chi connectivity index (χ1v) is 25.1. The molecule has 14 aromatic rings. The minimum atomic E-state index is 1.08. The molecule has 3 nitrogen and oxygen atoms in total. The highest BCUT2D eigenvalue weighted by Gasteiger charge is 2.26. The highest BCUT2D eigenvalue weighted by atomic mass is 15.2. The Morgan fingerprint density at radius 1 is 0.233 bits per heavy atom. The van der Waals surface area contributed by atoms with Gasteiger partial charge in [0, 0.05) is 50.0 Å². The van der Waals surface area contributed by atoms with E-state index in [1.807, 2.05) is 0 Å². The number of nitrogens with zero attached hydrogens (tertiary/aromatic N) is 3. The molecule has 0 saturated carbocycles. The fourth-order valence-electron chi connectivity index (χ4n) is 11.3. The van der Waals surface area contributed by atoms with Crippen LogP contribution in [0.2, 0.25) is 0 Å². The fraction of sp³-hybridized carbons (Fsp3) is 0. The van der Waals surface area contributed by atoms with Crippen molar-refractivity contribution in [3.63, 3.8) is 0 Å². The third kappa shape index (κ3) is 7.29. The van der Waals surface area contributed by atoms with Crippen LogP contribution in [0, 0.1) is 0 Å². The van der Waals surface area contributed by atoms with Crippen LogP contribution in [0.5, 0.6) is 0 Å². The molecule has 0 N–H and O–H groups in total. The number of hydrogen-bond donors (Lipinski definition) is 0. The lowest BCUT2D eigenvalue weighted by molar-refractivity contribution is 1.18. The summed E-state index contributed by atoms with van der Waals surface area (Å²) < 4.78 is 2.49. The summed E-state index contributed by atoms with van der Waals surface area (Å²) in [6.45, 7) is 0. The Labute approximate surface area is 424 Å². The summed E-state index contributed by atoms with van der Waals surface area (Å²) >= 11 is 0. The molecule has 0 amide bonds. The Morgan fingerprint density at radius 2 is 0.562 bits per heavy atom. The van der Waals surface area contributed by atoms with Gasteiger partial charge in [-0.05, 0) is 140 Å². The second-order valence-electron chi connectivity index (χ2n) is 18.9. The van der Waals surface area contributed by atoms with Gasteiger partial charge >= 0.3 is 0 Å². The van der Waals surface area contributed by atoms with Crippen LogP contribution in [0.25, 0.3) is 92.8 Å². The first-order valence-electron chi connectivity index (χ1n) is 25.1. The average Bonchev–Trinajstić information content (AvgIpc) is 3.82. The number of rotatable bonds is 9. The van der Waals surface area contributed by atoms with Crippen molar-refractivity contribution in [2.45, 2.75) is 0 Å². The predicted molar refractivity (Wildman–Crippen MR) is 311 cm³/mol. The van der Waals surface area contributed by atoms with Gasteiger partial charge in [-0.2, -0.15) is 0 Å². The standard InChI is InChI=1S/C70H47N3/c1-4-22-56(23-5-1)71(59-40-36-50(37-41-59)54-34-32-48-18-10-12-20-52(48)44-54)65-46-67-69(63-30-16-14-28-61(63)65)70-64-31-17-15-29-62(64)66(47-68(70)73(67)58-26-8-3-9-27-58)72(57-24-6-2-7-25-57)60-42-38-51(39-43-60)55-35-33-49-19-11-13-21-53(49)45-55/h1-47H. The molecular weight excluding hydrogens is 883 g/mol. The zero-order valence-electron chi connectivity index (χ0n) is 40.0. The first-order chi connectivity index (χ1) is 36.2. The summed E-state index contributed by atoms with van der Waals surface area (Å²) in [6.07, 6.45) is 0. The third-order valence-corrected chi connectivity index (χ3v) is 14.7. The topological polar surface area (TPSA) is 11.4 Å². The lowest BCUT2D eigenvalue weighted by Crippen LogP contribution is -2.11. The summed E-state index contributed by atoms with van der Waals surface area (Å²) in [5.41, 5.74) is 14.7. The largest absolute Gasteiger partial charge is 0.310 e. The molecule has 1 aromatic heterocycles. The van der Waals surface area contributed by atoms with Gasteiger partial charge in [-0.15, -0.1) is 0 Å². The van der Waals surface area contributed by atoms with Crippen LogP contribution in [0.15, 0.2) is 285 Å². The van der Waals surface area contributed by atoms with Crippen molar-refractivity contribution in [2.75, 3.05) is 9.80 Å². The van der Waals surface area contributed by atoms with E-state index >= 15 is 0 Å². The van der Waals surface area contributed by atoms with Gasteiger partial charge in [0.25, 0.3) is 0 Å². The summed E-state index contributed by atoms with van der Waals surface area (Å²) in [5, 5.41) is 12.2. The van der Waals surface area contributed by atoms with Gasteiger partial charge in [0.1, 0.15) is 0 Å². The monoisotopic (exact) mass is 929 g/mol. The van der Waals surface area contributed by atoms with Crippen LogP contribution in [0.3, 0.4) is 0 Å². The molecule has 0 unspecified atom stereocenters. The number of fused-ring (bicyclic) bond motifs is 9. The third-order valence-electron chi connectivity index (χ3n) is 14.7. The molecule has 1 heterocycles. The summed E-state index contributed by atoms with van der Waals surface area (Å²) in [4.78, 5) is 4.86. The van der Waals surface area contributed by atoms with E-state index in [2.05, 4.69) is 299 Å². The number of aromatic nitrogens is 1. The number of anilines is 6. The normalized spacial score (nSPS) is 11.6. The SMILES string of the molecule is c1ccc(N(c2ccc(-c3ccc4ccccc4c3)cc2)c2cc3c(c4ccccc24)c2c4ccccc4c(N(c4ccccc4)c4ccc(-c5ccc6ccccc6c5)cc4)cc2n3-c2ccccc2)cc1. The van der Waals surface area contributed by atoms with E-state index in [4.69, 9.17) is 0 Å². The van der Waals surface area contributed by atoms with Gasteiger partial charge in [-0.25, -0.2) is 0 Å². The van der Waals surface area contributed by atoms with E-state index in [-0.39, 0.29) is 0 Å². The minimum Gasteiger partial charge on any atom is -0.310 e. The number of benzene rings is 13. The van der Waals surface area contributed by atoms with Crippen LogP contribution >= 0.6 is 0 Å². The zero-order valence-corrected chi connectivity index (χ0v) is 40.0. The Morgan fingerprint density at radius 3 is 0.986 bits per heavy atom. The van der Waals surface area contributed by atoms with Gasteiger partial charge in [-0.3, -0.25) is 0 Å². The van der Waals surface area contributed by atoms with E-state index in [9.17, 15) is 0 Å². The van der Waals surface area contributed by atoms with E-state index in [0.717, 1.165) is 50.8 Å². The van der Waals surface area contributed by atoms with Crippen molar-refractivity contribution in [1.29, 1.82) is 0 Å². The Balaban J connectivity index is 1.00. The van der Waals surface area contributed by atoms with Gasteiger partial charge < -0.3 is 14.4 Å². The smallest absolute Gasteiger partial charge is 0.0568 e. The maximum atomic E-state index is 2.49. The number of para-hydroxylation sites is 3. The Hall–Kier alpha value is -9.70. The van der Waals surface area contributed by atoms with Crippen molar-refractivity contribution in [3.05, 3.63) is 285 Å². The highest BCUT2D eigenvalue weighted by molar-refractivity contribution is 6.32. The average molecular weight is 930 g/mol. The second kappa shape index (κ2) is 17.6. The Kier molecular flexibility index (Phi) is 10.2. The maximum absolute atomic E-state index is 2.49. The molecule has 3 heteroatoms. The van der Waals surface area contributed by atoms with Crippen molar-refractivity contribution >= 4 is 99.0 Å². The lowest BCUT2D eigenvalue weighted by atomic mass is 9.96. The second-order valence-corrected chi connectivity index (χ2v) is 18.9. The van der Waals surface area contributed by atoms with Gasteiger partial charge in [0.15, 0.2) is 0 Å². The van der Waals surface area contributed by atoms with Crippen LogP contribution in [0.1, 0.15) is 0 Å². The quantitative estimate of drug-likeness (QED) is 0.143. The molecule has 0 fully saturated rings. The fourth-order valence-corrected chi connectivity index (χ4v) is 11.3. The lowest BCUT2D eigenvalue weighted by Gasteiger charge is -2.27. The predicted octanol–water partition coefficient (Wildman–Crippen LogP) is 19.7. The van der Waals surface area contributed by atoms with Crippen LogP contribution < -0.4 is 9.80 Å². The van der Waals surface area contributed by atoms with E-state index < -0.39 is 0 Å². The molecule has 14 rings (SSSR count). The molecule has 13 aromatic carbocycles. The summed E-state index contributed by atoms with van der Waals surface area (Å²) in [7, 11) is 0. The summed E-state index contributed by atoms with van der Waals surface area (Å²) in [5.74, 6) is 0. The maximum Gasteiger partial charge on any atom is 0.0568 e. The molecule has 342 valence electrons. The zero-order chi connectivity index (χ0) is 48.2. The van der Waals surface area contributed by atoms with Crippen molar-refractivity contribution < 1.29 is 0 Å². The molecule has 0 radical (unpaired) electrons. The molecule has 0 bridgehead atoms. The molecule has 0 atom stereocenters. The van der Waals surface area contributed by atoms with Gasteiger partial charge in [-0.1, -0.05) is 200 Å². The van der Waals surface area contributed by atoms with Crippen LogP contribution in [-0.2, 0) is 0 Å². The Bertz CT molecular complexity index is 4090. The molecule has 0 aliphatic heterocycles. The van der Waals surface area contributed by atoms with Crippen molar-refractivity contribution in [1.82, 2.24) is 4.57 Å². The molecule has 0 aliphatic carbocycles. The van der Waals surface area contributed by atoms with Crippen molar-refractivity contribution in [2.24, 2.45) is 0 Å². The molecule has 0 spiro atoms. The summed E-state index contributed by atoms with van der Waals surface area (Å²) in [6, 6.07) is 104. The molecular formula is C70H47N3. The first kappa shape index (κ1) is 42.2. The van der Waals surface area contributed by atoms with Gasteiger partial charge in [0.05, 0.1) is 22.4 Å². The van der Waals surface area contributed by atoms with Crippen molar-refractivity contribution in [3.8, 4) is 27.9 Å². The van der Waals surface area contributed by atoms with E-state index in [1.165, 1.54) is 76.1 Å². The van der Waals surface area contributed by atoms with Gasteiger partial charge in [0.2, 0.25) is 0 Å². The molecule has 0 saturated heterocycles. The van der Waals surface area contributed by atoms with Crippen LogP contribution in [0.4, 0.5) is 34.1 Å². The van der Waals surface area contributed by atoms with E-state index in [0.29, 0.717) is 0 Å². The molecule has 73 heavy (non-hydrogen) atoms. The van der Waals surface area contributed by atoms with E-state index in [1.54, 1.807) is 0 Å².